The zero-order chi connectivity index (χ0) is 30.2. The van der Waals surface area contributed by atoms with Gasteiger partial charge < -0.3 is 28.8 Å². The number of carbonyl (C=O) groups is 2. The van der Waals surface area contributed by atoms with Crippen molar-refractivity contribution in [3.05, 3.63) is 76.8 Å². The molecule has 2 atom stereocenters. The Morgan fingerprint density at radius 3 is 2.45 bits per heavy atom. The SMILES string of the molecule is COc1ccc(C(=O)/C=C/c2ccc(OCc3cn(CC(O)COC4=C(C)C(=O)SC4C)nn3)cc2)c(OC)c1OC. The minimum absolute atomic E-state index is 0.00117. The Bertz CT molecular complexity index is 1480. The third-order valence-electron chi connectivity index (χ3n) is 6.41. The van der Waals surface area contributed by atoms with E-state index in [-0.39, 0.29) is 35.9 Å². The number of hydrogen-bond donors (Lipinski definition) is 1. The smallest absolute Gasteiger partial charge is 0.219 e. The predicted molar refractivity (Wildman–Crippen MR) is 157 cm³/mol. The number of ketones is 1. The molecule has 0 aliphatic carbocycles. The highest BCUT2D eigenvalue weighted by Crippen LogP contribution is 2.40. The second-order valence-electron chi connectivity index (χ2n) is 9.37. The van der Waals surface area contributed by atoms with Crippen LogP contribution in [0.4, 0.5) is 0 Å². The number of allylic oxidation sites excluding steroid dienone is 1. The van der Waals surface area contributed by atoms with E-state index in [1.807, 2.05) is 19.1 Å². The zero-order valence-corrected chi connectivity index (χ0v) is 24.8. The van der Waals surface area contributed by atoms with E-state index in [9.17, 15) is 14.7 Å². The van der Waals surface area contributed by atoms with Crippen molar-refractivity contribution in [2.45, 2.75) is 38.4 Å². The molecule has 11 nitrogen and oxygen atoms in total. The van der Waals surface area contributed by atoms with E-state index < -0.39 is 6.10 Å². The zero-order valence-electron chi connectivity index (χ0n) is 24.0. The molecule has 2 unspecified atom stereocenters. The number of aliphatic hydroxyl groups excluding tert-OH is 1. The summed E-state index contributed by atoms with van der Waals surface area (Å²) in [4.78, 5) is 24.6. The van der Waals surface area contributed by atoms with Gasteiger partial charge in [-0.25, -0.2) is 4.68 Å². The number of thioether (sulfide) groups is 1. The molecule has 0 amide bonds. The number of ether oxygens (including phenoxy) is 5. The second kappa shape index (κ2) is 14.1. The number of methoxy groups -OCH3 is 3. The van der Waals surface area contributed by atoms with Crippen LogP contribution >= 0.6 is 11.8 Å². The molecule has 2 aromatic carbocycles. The van der Waals surface area contributed by atoms with Crippen molar-refractivity contribution in [1.82, 2.24) is 15.0 Å². The number of carbonyl (C=O) groups excluding carboxylic acids is 2. The summed E-state index contributed by atoms with van der Waals surface area (Å²) in [5, 5.41) is 18.4. The second-order valence-corrected chi connectivity index (χ2v) is 10.7. The van der Waals surface area contributed by atoms with Gasteiger partial charge in [-0.3, -0.25) is 9.59 Å². The molecule has 1 aromatic heterocycles. The lowest BCUT2D eigenvalue weighted by atomic mass is 10.1. The Labute approximate surface area is 248 Å². The highest BCUT2D eigenvalue weighted by Gasteiger charge is 2.29. The first-order valence-corrected chi connectivity index (χ1v) is 14.0. The fraction of sp³-hybridized carbons (Fsp3) is 0.333. The first-order chi connectivity index (χ1) is 20.2. The van der Waals surface area contributed by atoms with Gasteiger partial charge in [0.1, 0.15) is 36.5 Å². The van der Waals surface area contributed by atoms with Crippen molar-refractivity contribution in [3.63, 3.8) is 0 Å². The molecule has 1 aliphatic heterocycles. The normalized spacial score (nSPS) is 15.7. The lowest BCUT2D eigenvalue weighted by Crippen LogP contribution is -2.23. The monoisotopic (exact) mass is 595 g/mol. The number of rotatable bonds is 14. The van der Waals surface area contributed by atoms with E-state index in [2.05, 4.69) is 10.3 Å². The highest BCUT2D eigenvalue weighted by molar-refractivity contribution is 8.15. The average molecular weight is 596 g/mol. The van der Waals surface area contributed by atoms with E-state index in [4.69, 9.17) is 23.7 Å². The van der Waals surface area contributed by atoms with Crippen LogP contribution < -0.4 is 18.9 Å². The van der Waals surface area contributed by atoms with Gasteiger partial charge in [0.25, 0.3) is 0 Å². The van der Waals surface area contributed by atoms with Crippen molar-refractivity contribution in [3.8, 4) is 23.0 Å². The van der Waals surface area contributed by atoms with E-state index in [0.717, 1.165) is 5.56 Å². The highest BCUT2D eigenvalue weighted by atomic mass is 32.2. The summed E-state index contributed by atoms with van der Waals surface area (Å²) in [6, 6.07) is 10.5. The molecule has 0 spiro atoms. The van der Waals surface area contributed by atoms with E-state index in [1.54, 1.807) is 43.5 Å². The standard InChI is InChI=1S/C30H33N3O8S/c1-18-27(19(2)42-30(18)36)41-17-22(34)15-33-14-21(31-32-33)16-40-23-9-6-20(7-10-23)8-12-25(35)24-11-13-26(37-3)29(39-5)28(24)38-4/h6-14,19,22,34H,15-17H2,1-5H3/b12-8+. The average Bonchev–Trinajstić information content (AvgIpc) is 3.54. The maximum absolute atomic E-state index is 12.9. The summed E-state index contributed by atoms with van der Waals surface area (Å²) >= 11 is 1.22. The number of nitrogens with zero attached hydrogens (tertiary/aromatic N) is 3. The van der Waals surface area contributed by atoms with Crippen molar-refractivity contribution in [1.29, 1.82) is 0 Å². The Kier molecular flexibility index (Phi) is 10.3. The molecule has 0 saturated carbocycles. The van der Waals surface area contributed by atoms with Gasteiger partial charge >= 0.3 is 0 Å². The maximum atomic E-state index is 12.9. The van der Waals surface area contributed by atoms with Gasteiger partial charge in [0, 0.05) is 5.57 Å². The summed E-state index contributed by atoms with van der Waals surface area (Å²) in [5.41, 5.74) is 2.34. The van der Waals surface area contributed by atoms with E-state index in [1.165, 1.54) is 43.8 Å². The molecular weight excluding hydrogens is 562 g/mol. The lowest BCUT2D eigenvalue weighted by molar-refractivity contribution is -0.107. The lowest BCUT2D eigenvalue weighted by Gasteiger charge is -2.15. The number of benzene rings is 2. The Morgan fingerprint density at radius 2 is 1.81 bits per heavy atom. The fourth-order valence-corrected chi connectivity index (χ4v) is 5.22. The van der Waals surface area contributed by atoms with Gasteiger partial charge in [-0.15, -0.1) is 5.10 Å². The summed E-state index contributed by atoms with van der Waals surface area (Å²) < 4.78 is 29.1. The molecule has 0 bridgehead atoms. The van der Waals surface area contributed by atoms with Crippen LogP contribution in [-0.2, 0) is 22.7 Å². The molecule has 0 fully saturated rings. The molecule has 4 rings (SSSR count). The van der Waals surface area contributed by atoms with Crippen LogP contribution in [0, 0.1) is 0 Å². The molecular formula is C30H33N3O8S. The number of hydrogen-bond acceptors (Lipinski definition) is 11. The van der Waals surface area contributed by atoms with Crippen LogP contribution in [-0.4, -0.2) is 70.3 Å². The number of aliphatic hydroxyl groups is 1. The van der Waals surface area contributed by atoms with E-state index in [0.29, 0.717) is 45.6 Å². The Hall–Kier alpha value is -4.29. The van der Waals surface area contributed by atoms with Gasteiger partial charge in [0.2, 0.25) is 10.9 Å². The molecule has 12 heteroatoms. The predicted octanol–water partition coefficient (Wildman–Crippen LogP) is 4.09. The minimum Gasteiger partial charge on any atom is -0.494 e. The molecule has 42 heavy (non-hydrogen) atoms. The van der Waals surface area contributed by atoms with Crippen molar-refractivity contribution in [2.75, 3.05) is 27.9 Å². The van der Waals surface area contributed by atoms with Gasteiger partial charge in [-0.1, -0.05) is 35.2 Å². The third-order valence-corrected chi connectivity index (χ3v) is 7.50. The molecule has 0 radical (unpaired) electrons. The van der Waals surface area contributed by atoms with Crippen molar-refractivity contribution >= 4 is 28.7 Å². The molecule has 3 aromatic rings. The summed E-state index contributed by atoms with van der Waals surface area (Å²) in [7, 11) is 4.47. The Morgan fingerprint density at radius 1 is 1.07 bits per heavy atom. The van der Waals surface area contributed by atoms with Gasteiger partial charge in [0.05, 0.1) is 44.9 Å². The molecule has 0 saturated heterocycles. The van der Waals surface area contributed by atoms with Crippen LogP contribution in [0.25, 0.3) is 6.08 Å². The fourth-order valence-electron chi connectivity index (χ4n) is 4.27. The van der Waals surface area contributed by atoms with Crippen molar-refractivity contribution in [2.24, 2.45) is 0 Å². The van der Waals surface area contributed by atoms with Gasteiger partial charge in [-0.05, 0) is 49.8 Å². The maximum Gasteiger partial charge on any atom is 0.219 e. The van der Waals surface area contributed by atoms with E-state index >= 15 is 0 Å². The molecule has 1 aliphatic rings. The van der Waals surface area contributed by atoms with Crippen LogP contribution in [0.1, 0.15) is 35.5 Å². The summed E-state index contributed by atoms with van der Waals surface area (Å²) in [6.07, 6.45) is 4.03. The quantitative estimate of drug-likeness (QED) is 0.214. The minimum atomic E-state index is -0.825. The van der Waals surface area contributed by atoms with Crippen LogP contribution in [0.3, 0.4) is 0 Å². The topological polar surface area (TPSA) is 131 Å². The number of aromatic nitrogens is 3. The van der Waals surface area contributed by atoms with Gasteiger partial charge in [0.15, 0.2) is 17.3 Å². The molecule has 222 valence electrons. The first-order valence-electron chi connectivity index (χ1n) is 13.1. The van der Waals surface area contributed by atoms with Gasteiger partial charge in [-0.2, -0.15) is 0 Å². The first kappa shape index (κ1) is 30.7. The Balaban J connectivity index is 1.27. The van der Waals surface area contributed by atoms with Crippen LogP contribution in [0.5, 0.6) is 23.0 Å². The molecule has 1 N–H and O–H groups in total. The summed E-state index contributed by atoms with van der Waals surface area (Å²) in [6.45, 7) is 4.04. The molecule has 2 heterocycles. The van der Waals surface area contributed by atoms with Crippen molar-refractivity contribution < 1.29 is 38.4 Å². The third kappa shape index (κ3) is 7.31. The summed E-state index contributed by atoms with van der Waals surface area (Å²) in [5.74, 6) is 2.11. The van der Waals surface area contributed by atoms with Crippen LogP contribution in [0.2, 0.25) is 0 Å². The van der Waals surface area contributed by atoms with Crippen LogP contribution in [0.15, 0.2) is 60.0 Å². The largest absolute Gasteiger partial charge is 0.494 e.